The first kappa shape index (κ1) is 74.8. The normalized spacial score (nSPS) is 11.0. The SMILES string of the molecule is [Ir+3].[Ir+3].[c-]1cc(-c2ccccc2-c2cc(-c3ccccc3-c3c[c-]c(-c4ccccn4)cc3)cc(-c3ccccc3-c3c[c-]c(-c4cnc(-c5[c-]cc(-c6ccccc6-c6cc(-c7ccccc7-c7c[c-]c(-c8ccccn8)cc7)cc(-c7ccccc7-c7c[c-]c(-c8ccccn8)cc7)c6)cc5)cn4)cc3)c2)ccc1-c1ccccn1. The van der Waals surface area contributed by atoms with Gasteiger partial charge in [-0.1, -0.05) is 261 Å². The standard InChI is InChI=1S/C108H66N6.2Ir/c1-7-27-97(91(21-1)73-37-49-79(50-38-73)103-33-13-17-61-109-103)85-65-86(98-28-8-2-22-92(98)74-39-51-80(52-40-74)104-34-14-18-62-110-104)68-89(67-85)101-31-11-5-25-95(101)77-45-57-83(58-46-77)107-71-114-108(72-113-107)84-59-47-78(48-60-84)96-26-6-12-32-102(96)90-69-87(99-29-9-3-23-93(99)75-41-53-81(54-42-75)105-35-15-19-63-111-105)66-88(70-90)100-30-10-4-24-94(100)76-43-55-82(56-44-76)106-36-16-20-64-112-106;;/h1-49,51,53,55,57,59,61-72H;;/q-6;2*+3. The van der Waals surface area contributed by atoms with E-state index in [1.54, 1.807) is 0 Å². The van der Waals surface area contributed by atoms with Crippen LogP contribution in [0.3, 0.4) is 0 Å². The Morgan fingerprint density at radius 3 is 0.457 bits per heavy atom. The van der Waals surface area contributed by atoms with Crippen LogP contribution in [0.4, 0.5) is 0 Å². The average molecular weight is 1830 g/mol. The Labute approximate surface area is 703 Å². The fourth-order valence-electron chi connectivity index (χ4n) is 15.3. The first-order chi connectivity index (χ1) is 56.5. The minimum atomic E-state index is 0. The molecule has 5 heterocycles. The molecule has 0 aliphatic carbocycles. The van der Waals surface area contributed by atoms with Crippen molar-refractivity contribution in [2.75, 3.05) is 0 Å². The summed E-state index contributed by atoms with van der Waals surface area (Å²) in [6, 6.07) is 149. The Balaban J connectivity index is 0.00000484. The van der Waals surface area contributed by atoms with Gasteiger partial charge in [-0.05, 0) is 150 Å². The van der Waals surface area contributed by atoms with Gasteiger partial charge in [0.15, 0.2) is 0 Å². The molecule has 8 heteroatoms. The molecule has 14 aromatic carbocycles. The van der Waals surface area contributed by atoms with E-state index >= 15 is 0 Å². The first-order valence-corrected chi connectivity index (χ1v) is 38.0. The minimum absolute atomic E-state index is 0. The molecule has 0 aliphatic heterocycles. The van der Waals surface area contributed by atoms with E-state index in [9.17, 15) is 0 Å². The molecule has 0 amide bonds. The molecule has 5 aromatic heterocycles. The van der Waals surface area contributed by atoms with E-state index in [0.29, 0.717) is 11.4 Å². The number of aromatic nitrogens is 6. The predicted octanol–water partition coefficient (Wildman–Crippen LogP) is 26.9. The van der Waals surface area contributed by atoms with Crippen LogP contribution in [-0.4, -0.2) is 29.9 Å². The van der Waals surface area contributed by atoms with E-state index < -0.39 is 0 Å². The number of nitrogens with zero attached hydrogens (tertiary/aromatic N) is 6. The molecule has 0 spiro atoms. The fourth-order valence-corrected chi connectivity index (χ4v) is 15.3. The molecule has 0 N–H and O–H groups in total. The Morgan fingerprint density at radius 1 is 0.147 bits per heavy atom. The molecule has 19 rings (SSSR count). The third kappa shape index (κ3) is 15.7. The molecule has 0 fully saturated rings. The van der Waals surface area contributed by atoms with E-state index in [2.05, 4.69) is 348 Å². The van der Waals surface area contributed by atoms with Crippen LogP contribution in [0, 0.1) is 36.4 Å². The summed E-state index contributed by atoms with van der Waals surface area (Å²) in [7, 11) is 0. The molecule has 0 saturated carbocycles. The molecule has 0 radical (unpaired) electrons. The van der Waals surface area contributed by atoms with Crippen LogP contribution in [0.1, 0.15) is 0 Å². The molecular weight excluding hydrogens is 1770 g/mol. The number of benzene rings is 14. The maximum absolute atomic E-state index is 5.02. The molecule has 546 valence electrons. The van der Waals surface area contributed by atoms with E-state index in [0.717, 1.165) is 190 Å². The second kappa shape index (κ2) is 34.2. The summed E-state index contributed by atoms with van der Waals surface area (Å²) in [5.74, 6) is 0. The van der Waals surface area contributed by atoms with E-state index in [-0.39, 0.29) is 40.2 Å². The minimum Gasteiger partial charge on any atom is -0.311 e. The van der Waals surface area contributed by atoms with Gasteiger partial charge in [0.25, 0.3) is 0 Å². The van der Waals surface area contributed by atoms with Gasteiger partial charge >= 0.3 is 40.2 Å². The Morgan fingerprint density at radius 2 is 0.310 bits per heavy atom. The summed E-state index contributed by atoms with van der Waals surface area (Å²) in [6.45, 7) is 0. The van der Waals surface area contributed by atoms with Gasteiger partial charge in [-0.15, -0.1) is 179 Å². The second-order valence-electron chi connectivity index (χ2n) is 28.0. The molecule has 19 aromatic rings. The third-order valence-electron chi connectivity index (χ3n) is 21.0. The van der Waals surface area contributed by atoms with E-state index in [1.807, 2.05) is 110 Å². The number of pyridine rings is 4. The average Bonchev–Trinajstić information content (AvgIpc) is 0.770. The Bertz CT molecular complexity index is 5930. The summed E-state index contributed by atoms with van der Waals surface area (Å²) in [5, 5.41) is 0. The molecule has 0 saturated heterocycles. The number of rotatable bonds is 18. The maximum atomic E-state index is 5.02. The summed E-state index contributed by atoms with van der Waals surface area (Å²) in [5.41, 5.74) is 36.3. The van der Waals surface area contributed by atoms with Crippen molar-refractivity contribution >= 4 is 0 Å². The summed E-state index contributed by atoms with van der Waals surface area (Å²) in [4.78, 5) is 28.4. The van der Waals surface area contributed by atoms with Gasteiger partial charge in [0, 0.05) is 48.6 Å². The monoisotopic (exact) mass is 1830 g/mol. The topological polar surface area (TPSA) is 77.3 Å². The van der Waals surface area contributed by atoms with Crippen LogP contribution in [0.2, 0.25) is 0 Å². The zero-order valence-electron chi connectivity index (χ0n) is 62.5. The third-order valence-corrected chi connectivity index (χ3v) is 21.0. The van der Waals surface area contributed by atoms with Gasteiger partial charge in [-0.25, -0.2) is 0 Å². The van der Waals surface area contributed by atoms with Gasteiger partial charge < -0.3 is 29.9 Å². The summed E-state index contributed by atoms with van der Waals surface area (Å²) in [6.07, 6.45) is 10.9. The van der Waals surface area contributed by atoms with Crippen molar-refractivity contribution < 1.29 is 40.2 Å². The largest absolute Gasteiger partial charge is 3.00 e. The van der Waals surface area contributed by atoms with Gasteiger partial charge in [-0.3, -0.25) is 0 Å². The molecule has 0 atom stereocenters. The first-order valence-electron chi connectivity index (χ1n) is 38.0. The van der Waals surface area contributed by atoms with E-state index in [1.165, 1.54) is 0 Å². The summed E-state index contributed by atoms with van der Waals surface area (Å²) < 4.78 is 0. The number of hydrogen-bond acceptors (Lipinski definition) is 6. The molecular formula is C108H66Ir2N6. The zero-order chi connectivity index (χ0) is 75.9. The van der Waals surface area contributed by atoms with Gasteiger partial charge in [-0.2, -0.15) is 0 Å². The van der Waals surface area contributed by atoms with Crippen LogP contribution >= 0.6 is 0 Å². The van der Waals surface area contributed by atoms with Crippen molar-refractivity contribution in [3.8, 4) is 201 Å². The van der Waals surface area contributed by atoms with Gasteiger partial charge in [0.2, 0.25) is 0 Å². The maximum Gasteiger partial charge on any atom is 3.00 e. The molecule has 116 heavy (non-hydrogen) atoms. The van der Waals surface area contributed by atoms with Crippen molar-refractivity contribution in [2.24, 2.45) is 0 Å². The zero-order valence-corrected chi connectivity index (χ0v) is 67.2. The van der Waals surface area contributed by atoms with Crippen molar-refractivity contribution in [1.29, 1.82) is 0 Å². The summed E-state index contributed by atoms with van der Waals surface area (Å²) >= 11 is 0. The molecule has 0 aliphatic rings. The van der Waals surface area contributed by atoms with Crippen LogP contribution in [0.5, 0.6) is 0 Å². The van der Waals surface area contributed by atoms with Gasteiger partial charge in [0.1, 0.15) is 0 Å². The van der Waals surface area contributed by atoms with Crippen molar-refractivity contribution in [1.82, 2.24) is 29.9 Å². The van der Waals surface area contributed by atoms with Crippen molar-refractivity contribution in [3.05, 3.63) is 438 Å². The Hall–Kier alpha value is -13.9. The Kier molecular flexibility index (Phi) is 22.0. The van der Waals surface area contributed by atoms with Crippen LogP contribution in [0.15, 0.2) is 401 Å². The number of hydrogen-bond donors (Lipinski definition) is 0. The molecule has 0 bridgehead atoms. The van der Waals surface area contributed by atoms with Crippen molar-refractivity contribution in [3.63, 3.8) is 0 Å². The second-order valence-corrected chi connectivity index (χ2v) is 28.0. The van der Waals surface area contributed by atoms with Crippen LogP contribution < -0.4 is 0 Å². The molecule has 6 nitrogen and oxygen atoms in total. The van der Waals surface area contributed by atoms with Crippen LogP contribution in [-0.2, 0) is 40.2 Å². The fraction of sp³-hybridized carbons (Fsp3) is 0. The van der Waals surface area contributed by atoms with E-state index in [4.69, 9.17) is 9.97 Å². The van der Waals surface area contributed by atoms with Crippen molar-refractivity contribution in [2.45, 2.75) is 0 Å². The van der Waals surface area contributed by atoms with Crippen LogP contribution in [0.25, 0.3) is 201 Å². The molecule has 0 unspecified atom stereocenters. The predicted molar refractivity (Wildman–Crippen MR) is 464 cm³/mol. The smallest absolute Gasteiger partial charge is 0.311 e. The quantitative estimate of drug-likeness (QED) is 0.0797. The van der Waals surface area contributed by atoms with Gasteiger partial charge in [0.05, 0.1) is 0 Å².